The van der Waals surface area contributed by atoms with Crippen LogP contribution in [0.25, 0.3) is 0 Å². The topological polar surface area (TPSA) is 128 Å². The van der Waals surface area contributed by atoms with E-state index in [0.717, 1.165) is 55.8 Å². The minimum absolute atomic E-state index is 0.197. The summed E-state index contributed by atoms with van der Waals surface area (Å²) >= 11 is 0. The van der Waals surface area contributed by atoms with E-state index in [4.69, 9.17) is 9.90 Å². The van der Waals surface area contributed by atoms with Crippen LogP contribution in [0, 0.1) is 0 Å². The van der Waals surface area contributed by atoms with E-state index in [1.165, 1.54) is 0 Å². The molecule has 3 aromatic rings. The fourth-order valence-electron chi connectivity index (χ4n) is 4.15. The van der Waals surface area contributed by atoms with Crippen molar-refractivity contribution < 1.29 is 36.3 Å². The van der Waals surface area contributed by atoms with Crippen molar-refractivity contribution in [2.24, 2.45) is 0 Å². The van der Waals surface area contributed by atoms with Gasteiger partial charge in [-0.1, -0.05) is 55.8 Å². The van der Waals surface area contributed by atoms with Crippen LogP contribution in [0.5, 0.6) is 0 Å². The maximum atomic E-state index is 13.3. The van der Waals surface area contributed by atoms with Crippen molar-refractivity contribution in [3.8, 4) is 0 Å². The Morgan fingerprint density at radius 3 is 2.14 bits per heavy atom. The number of nitrogens with zero attached hydrogens (tertiary/aromatic N) is 1. The summed E-state index contributed by atoms with van der Waals surface area (Å²) in [6.45, 7) is 5.60. The van der Waals surface area contributed by atoms with E-state index in [2.05, 4.69) is 27.2 Å². The zero-order chi connectivity index (χ0) is 30.8. The summed E-state index contributed by atoms with van der Waals surface area (Å²) in [4.78, 5) is 24.1. The Balaban J connectivity index is 0.000000616. The normalized spacial score (nSPS) is 13.5. The van der Waals surface area contributed by atoms with Crippen molar-refractivity contribution in [1.82, 2.24) is 10.6 Å². The molecule has 0 unspecified atom stereocenters. The van der Waals surface area contributed by atoms with E-state index in [1.54, 1.807) is 24.3 Å². The van der Waals surface area contributed by atoms with Gasteiger partial charge in [0.05, 0.1) is 16.3 Å². The number of carboxylic acids is 1. The molecule has 1 aliphatic heterocycles. The second-order valence-electron chi connectivity index (χ2n) is 9.44. The molecule has 42 heavy (non-hydrogen) atoms. The number of carbonyl (C=O) groups excluding carboxylic acids is 1. The van der Waals surface area contributed by atoms with E-state index in [-0.39, 0.29) is 10.8 Å². The van der Waals surface area contributed by atoms with Crippen molar-refractivity contribution in [3.63, 3.8) is 0 Å². The fraction of sp³-hybridized carbons (Fsp3) is 0.310. The predicted molar refractivity (Wildman–Crippen MR) is 154 cm³/mol. The van der Waals surface area contributed by atoms with Crippen molar-refractivity contribution in [1.29, 1.82) is 0 Å². The molecule has 226 valence electrons. The van der Waals surface area contributed by atoms with Gasteiger partial charge in [-0.15, -0.1) is 0 Å². The third kappa shape index (κ3) is 9.48. The van der Waals surface area contributed by atoms with Crippen LogP contribution < -0.4 is 20.3 Å². The lowest BCUT2D eigenvalue weighted by molar-refractivity contribution is -0.192. The number of aliphatic carboxylic acids is 1. The Labute approximate surface area is 242 Å². The van der Waals surface area contributed by atoms with E-state index < -0.39 is 22.2 Å². The number of piperazine rings is 1. The number of nitrogens with one attached hydrogen (secondary N) is 3. The molecule has 4 rings (SSSR count). The summed E-state index contributed by atoms with van der Waals surface area (Å²) in [6, 6.07) is 21.8. The number of amides is 1. The van der Waals surface area contributed by atoms with Gasteiger partial charge in [0.2, 0.25) is 0 Å². The largest absolute Gasteiger partial charge is 0.490 e. The number of aryl methyl sites for hydroxylation is 1. The van der Waals surface area contributed by atoms with Crippen molar-refractivity contribution >= 4 is 33.3 Å². The van der Waals surface area contributed by atoms with Crippen molar-refractivity contribution in [2.75, 3.05) is 35.8 Å². The molecule has 4 N–H and O–H groups in total. The van der Waals surface area contributed by atoms with Crippen LogP contribution in [-0.2, 0) is 27.8 Å². The van der Waals surface area contributed by atoms with Gasteiger partial charge in [-0.25, -0.2) is 13.2 Å². The number of benzene rings is 3. The summed E-state index contributed by atoms with van der Waals surface area (Å²) in [5.41, 5.74) is 3.65. The first-order chi connectivity index (χ1) is 19.9. The standard InChI is InChI=1S/C27H32N4O3S.C2HF3O2/c1-2-6-21-9-12-24(13-10-21)35(33,34)30-25-19-23(11-14-26(25)31-17-15-28-16-18-31)27(32)29-20-22-7-4-3-5-8-22;3-2(4,5)1(6)7/h3-5,7-14,19,28,30H,2,6,15-18,20H2,1H3,(H,29,32);(H,6,7). The molecule has 1 aliphatic rings. The zero-order valence-corrected chi connectivity index (χ0v) is 23.8. The molecule has 9 nitrogen and oxygen atoms in total. The molecule has 0 radical (unpaired) electrons. The second kappa shape index (κ2) is 14.7. The molecule has 0 saturated carbocycles. The Hall–Kier alpha value is -4.10. The first kappa shape index (κ1) is 32.4. The third-order valence-electron chi connectivity index (χ3n) is 6.27. The van der Waals surface area contributed by atoms with Crippen molar-refractivity contribution in [3.05, 3.63) is 89.5 Å². The van der Waals surface area contributed by atoms with Crippen LogP contribution >= 0.6 is 0 Å². The molecular weight excluding hydrogens is 573 g/mol. The predicted octanol–water partition coefficient (Wildman–Crippen LogP) is 4.41. The number of anilines is 2. The molecule has 0 spiro atoms. The Kier molecular flexibility index (Phi) is 11.3. The van der Waals surface area contributed by atoms with E-state index in [0.29, 0.717) is 17.8 Å². The maximum Gasteiger partial charge on any atom is 0.490 e. The number of alkyl halides is 3. The smallest absolute Gasteiger partial charge is 0.475 e. The Bertz CT molecular complexity index is 1440. The van der Waals surface area contributed by atoms with Gasteiger partial charge in [-0.3, -0.25) is 9.52 Å². The van der Waals surface area contributed by atoms with Gasteiger partial charge < -0.3 is 20.6 Å². The quantitative estimate of drug-likeness (QED) is 0.284. The number of halogens is 3. The van der Waals surface area contributed by atoms with Crippen LogP contribution in [0.2, 0.25) is 0 Å². The molecule has 0 bridgehead atoms. The summed E-state index contributed by atoms with van der Waals surface area (Å²) < 4.78 is 61.0. The summed E-state index contributed by atoms with van der Waals surface area (Å²) in [6.07, 6.45) is -3.18. The zero-order valence-electron chi connectivity index (χ0n) is 22.9. The number of carboxylic acid groups (broad SMARTS) is 1. The lowest BCUT2D eigenvalue weighted by atomic mass is 10.1. The number of hydrogen-bond acceptors (Lipinski definition) is 6. The summed E-state index contributed by atoms with van der Waals surface area (Å²) in [5, 5.41) is 13.4. The van der Waals surface area contributed by atoms with Gasteiger partial charge in [0.25, 0.3) is 15.9 Å². The van der Waals surface area contributed by atoms with Crippen LogP contribution in [0.15, 0.2) is 77.7 Å². The van der Waals surface area contributed by atoms with E-state index in [1.807, 2.05) is 48.5 Å². The lowest BCUT2D eigenvalue weighted by Gasteiger charge is -2.31. The lowest BCUT2D eigenvalue weighted by Crippen LogP contribution is -2.43. The summed E-state index contributed by atoms with van der Waals surface area (Å²) in [7, 11) is -3.83. The average molecular weight is 607 g/mol. The molecule has 0 aromatic heterocycles. The highest BCUT2D eigenvalue weighted by atomic mass is 32.2. The van der Waals surface area contributed by atoms with Gasteiger partial charge in [0, 0.05) is 38.3 Å². The van der Waals surface area contributed by atoms with Crippen molar-refractivity contribution in [2.45, 2.75) is 37.4 Å². The van der Waals surface area contributed by atoms with Gasteiger partial charge in [0.1, 0.15) is 0 Å². The number of rotatable bonds is 9. The van der Waals surface area contributed by atoms with Crippen LogP contribution in [-0.4, -0.2) is 57.8 Å². The van der Waals surface area contributed by atoms with Gasteiger partial charge in [-0.05, 0) is 47.9 Å². The van der Waals surface area contributed by atoms with E-state index in [9.17, 15) is 26.4 Å². The van der Waals surface area contributed by atoms with Crippen LogP contribution in [0.3, 0.4) is 0 Å². The maximum absolute atomic E-state index is 13.3. The van der Waals surface area contributed by atoms with Gasteiger partial charge >= 0.3 is 12.1 Å². The van der Waals surface area contributed by atoms with Gasteiger partial charge in [0.15, 0.2) is 0 Å². The molecular formula is C29H33F3N4O5S. The molecule has 1 saturated heterocycles. The number of carbonyl (C=O) groups is 2. The highest BCUT2D eigenvalue weighted by Gasteiger charge is 2.38. The number of hydrogen-bond donors (Lipinski definition) is 4. The fourth-order valence-corrected chi connectivity index (χ4v) is 5.21. The van der Waals surface area contributed by atoms with Crippen LogP contribution in [0.1, 0.15) is 34.8 Å². The SMILES string of the molecule is CCCc1ccc(S(=O)(=O)Nc2cc(C(=O)NCc3ccccc3)ccc2N2CCNCC2)cc1.O=C(O)C(F)(F)F. The molecule has 13 heteroatoms. The van der Waals surface area contributed by atoms with Gasteiger partial charge in [-0.2, -0.15) is 13.2 Å². The average Bonchev–Trinajstić information content (AvgIpc) is 2.97. The molecule has 0 atom stereocenters. The number of sulfonamides is 1. The Morgan fingerprint density at radius 1 is 0.952 bits per heavy atom. The molecule has 0 aliphatic carbocycles. The first-order valence-electron chi connectivity index (χ1n) is 13.2. The minimum Gasteiger partial charge on any atom is -0.475 e. The minimum atomic E-state index is -5.08. The highest BCUT2D eigenvalue weighted by Crippen LogP contribution is 2.30. The molecule has 1 fully saturated rings. The third-order valence-corrected chi connectivity index (χ3v) is 7.65. The Morgan fingerprint density at radius 2 is 1.57 bits per heavy atom. The first-order valence-corrected chi connectivity index (χ1v) is 14.7. The second-order valence-corrected chi connectivity index (χ2v) is 11.1. The highest BCUT2D eigenvalue weighted by molar-refractivity contribution is 7.92. The molecule has 3 aromatic carbocycles. The molecule has 1 amide bonds. The molecule has 1 heterocycles. The van der Waals surface area contributed by atoms with E-state index >= 15 is 0 Å². The summed E-state index contributed by atoms with van der Waals surface area (Å²) in [5.74, 6) is -3.02. The van der Waals surface area contributed by atoms with Crippen LogP contribution in [0.4, 0.5) is 24.5 Å². The monoisotopic (exact) mass is 606 g/mol.